The van der Waals surface area contributed by atoms with Crippen molar-refractivity contribution in [2.75, 3.05) is 0 Å². The van der Waals surface area contributed by atoms with Crippen LogP contribution in [-0.2, 0) is 6.54 Å². The Morgan fingerprint density at radius 3 is 2.54 bits per heavy atom. The summed E-state index contributed by atoms with van der Waals surface area (Å²) in [6.07, 6.45) is 4.07. The van der Waals surface area contributed by atoms with Crippen molar-refractivity contribution in [1.29, 1.82) is 0 Å². The van der Waals surface area contributed by atoms with Crippen LogP contribution in [0.1, 0.15) is 41.6 Å². The molecule has 4 nitrogen and oxygen atoms in total. The van der Waals surface area contributed by atoms with Gasteiger partial charge in [0.2, 0.25) is 0 Å². The zero-order chi connectivity index (χ0) is 18.7. The Morgan fingerprint density at radius 2 is 1.96 bits per heavy atom. The summed E-state index contributed by atoms with van der Waals surface area (Å²) in [5.41, 5.74) is 1.61. The van der Waals surface area contributed by atoms with Crippen LogP contribution in [0.3, 0.4) is 0 Å². The molecule has 134 valence electrons. The summed E-state index contributed by atoms with van der Waals surface area (Å²) in [4.78, 5) is 20.5. The number of rotatable bonds is 6. The first kappa shape index (κ1) is 18.3. The SMILES string of the molecule is CC(C)c1nc(C=O)n(Cc2cccnc2)c1Sc1cc(F)cc(F)c1. The summed E-state index contributed by atoms with van der Waals surface area (Å²) >= 11 is 1.19. The van der Waals surface area contributed by atoms with Gasteiger partial charge < -0.3 is 4.57 Å². The zero-order valence-electron chi connectivity index (χ0n) is 14.3. The van der Waals surface area contributed by atoms with Crippen LogP contribution in [0, 0.1) is 11.6 Å². The van der Waals surface area contributed by atoms with Crippen LogP contribution in [-0.4, -0.2) is 20.8 Å². The fraction of sp³-hybridized carbons (Fsp3) is 0.211. The van der Waals surface area contributed by atoms with Gasteiger partial charge in [0, 0.05) is 23.4 Å². The minimum atomic E-state index is -0.646. The topological polar surface area (TPSA) is 47.8 Å². The number of halogens is 2. The monoisotopic (exact) mass is 373 g/mol. The third-order valence-corrected chi connectivity index (χ3v) is 4.84. The van der Waals surface area contributed by atoms with Crippen molar-refractivity contribution in [3.63, 3.8) is 0 Å². The standard InChI is InChI=1S/C19H17F2N3OS/c1-12(2)18-19(26-16-7-14(20)6-15(21)8-16)24(17(11-25)23-18)10-13-4-3-5-22-9-13/h3-9,11-12H,10H2,1-2H3. The highest BCUT2D eigenvalue weighted by Gasteiger charge is 2.21. The number of pyridine rings is 1. The second-order valence-corrected chi connectivity index (χ2v) is 7.15. The molecule has 0 saturated carbocycles. The van der Waals surface area contributed by atoms with Crippen molar-refractivity contribution in [1.82, 2.24) is 14.5 Å². The van der Waals surface area contributed by atoms with Crippen molar-refractivity contribution in [2.45, 2.75) is 36.2 Å². The first-order valence-corrected chi connectivity index (χ1v) is 8.88. The fourth-order valence-corrected chi connectivity index (χ4v) is 3.79. The van der Waals surface area contributed by atoms with Crippen molar-refractivity contribution < 1.29 is 13.6 Å². The van der Waals surface area contributed by atoms with Crippen LogP contribution in [0.2, 0.25) is 0 Å². The number of carbonyl (C=O) groups is 1. The molecular weight excluding hydrogens is 356 g/mol. The fourth-order valence-electron chi connectivity index (χ4n) is 2.57. The number of aromatic nitrogens is 3. The summed E-state index contributed by atoms with van der Waals surface area (Å²) < 4.78 is 28.9. The van der Waals surface area contributed by atoms with Gasteiger partial charge in [-0.25, -0.2) is 13.8 Å². The summed E-state index contributed by atoms with van der Waals surface area (Å²) in [6.45, 7) is 4.31. The molecule has 0 fully saturated rings. The molecule has 2 heterocycles. The third-order valence-electron chi connectivity index (χ3n) is 3.74. The molecule has 0 atom stereocenters. The van der Waals surface area contributed by atoms with Gasteiger partial charge in [0.1, 0.15) is 16.7 Å². The summed E-state index contributed by atoms with van der Waals surface area (Å²) in [5.74, 6) is -0.971. The highest BCUT2D eigenvalue weighted by atomic mass is 32.2. The van der Waals surface area contributed by atoms with Gasteiger partial charge in [-0.2, -0.15) is 0 Å². The van der Waals surface area contributed by atoms with Crippen LogP contribution >= 0.6 is 11.8 Å². The van der Waals surface area contributed by atoms with E-state index in [0.29, 0.717) is 28.4 Å². The smallest absolute Gasteiger partial charge is 0.185 e. The predicted octanol–water partition coefficient (Wildman–Crippen LogP) is 4.69. The molecule has 0 radical (unpaired) electrons. The molecule has 0 amide bonds. The van der Waals surface area contributed by atoms with Gasteiger partial charge >= 0.3 is 0 Å². The number of hydrogen-bond acceptors (Lipinski definition) is 4. The number of carbonyl (C=O) groups excluding carboxylic acids is 1. The van der Waals surface area contributed by atoms with Crippen molar-refractivity contribution in [2.24, 2.45) is 0 Å². The average Bonchev–Trinajstić information content (AvgIpc) is 2.93. The number of nitrogens with zero attached hydrogens (tertiary/aromatic N) is 3. The van der Waals surface area contributed by atoms with Gasteiger partial charge in [-0.15, -0.1) is 0 Å². The van der Waals surface area contributed by atoms with Crippen LogP contribution in [0.5, 0.6) is 0 Å². The van der Waals surface area contributed by atoms with E-state index in [-0.39, 0.29) is 11.7 Å². The quantitative estimate of drug-likeness (QED) is 0.588. The molecule has 0 aliphatic heterocycles. The number of hydrogen-bond donors (Lipinski definition) is 0. The molecule has 0 aliphatic carbocycles. The summed E-state index contributed by atoms with van der Waals surface area (Å²) in [5, 5.41) is 0.691. The lowest BCUT2D eigenvalue weighted by molar-refractivity contribution is 0.111. The maximum atomic E-state index is 13.6. The maximum absolute atomic E-state index is 13.6. The lowest BCUT2D eigenvalue weighted by Crippen LogP contribution is -2.06. The van der Waals surface area contributed by atoms with Gasteiger partial charge in [0.05, 0.1) is 12.2 Å². The van der Waals surface area contributed by atoms with Gasteiger partial charge in [-0.1, -0.05) is 31.7 Å². The average molecular weight is 373 g/mol. The largest absolute Gasteiger partial charge is 0.312 e. The predicted molar refractivity (Wildman–Crippen MR) is 95.5 cm³/mol. The Kier molecular flexibility index (Phi) is 5.46. The lowest BCUT2D eigenvalue weighted by atomic mass is 10.1. The Labute approximate surface area is 154 Å². The Hall–Kier alpha value is -2.54. The normalized spacial score (nSPS) is 11.1. The molecule has 7 heteroatoms. The van der Waals surface area contributed by atoms with E-state index in [2.05, 4.69) is 9.97 Å². The lowest BCUT2D eigenvalue weighted by Gasteiger charge is -2.12. The molecule has 1 aromatic carbocycles. The number of benzene rings is 1. The first-order valence-electron chi connectivity index (χ1n) is 8.06. The van der Waals surface area contributed by atoms with Gasteiger partial charge in [-0.3, -0.25) is 9.78 Å². The van der Waals surface area contributed by atoms with E-state index in [1.165, 1.54) is 23.9 Å². The maximum Gasteiger partial charge on any atom is 0.185 e. The zero-order valence-corrected chi connectivity index (χ0v) is 15.1. The molecule has 0 bridgehead atoms. The van der Waals surface area contributed by atoms with Crippen molar-refractivity contribution in [3.8, 4) is 0 Å². The molecule has 0 unspecified atom stereocenters. The first-order chi connectivity index (χ1) is 12.5. The van der Waals surface area contributed by atoms with Crippen LogP contribution < -0.4 is 0 Å². The van der Waals surface area contributed by atoms with E-state index in [4.69, 9.17) is 0 Å². The Balaban J connectivity index is 2.08. The van der Waals surface area contributed by atoms with Crippen LogP contribution in [0.15, 0.2) is 52.6 Å². The van der Waals surface area contributed by atoms with Crippen LogP contribution in [0.4, 0.5) is 8.78 Å². The Morgan fingerprint density at radius 1 is 1.23 bits per heavy atom. The molecule has 3 rings (SSSR count). The molecule has 0 N–H and O–H groups in total. The highest BCUT2D eigenvalue weighted by molar-refractivity contribution is 7.99. The van der Waals surface area contributed by atoms with Crippen LogP contribution in [0.25, 0.3) is 0 Å². The van der Waals surface area contributed by atoms with E-state index < -0.39 is 11.6 Å². The van der Waals surface area contributed by atoms with E-state index in [9.17, 15) is 13.6 Å². The molecular formula is C19H17F2N3OS. The molecule has 0 aliphatic rings. The van der Waals surface area contributed by atoms with Gasteiger partial charge in [0.25, 0.3) is 0 Å². The van der Waals surface area contributed by atoms with E-state index >= 15 is 0 Å². The highest BCUT2D eigenvalue weighted by Crippen LogP contribution is 2.35. The molecule has 2 aromatic heterocycles. The third kappa shape index (κ3) is 3.99. The Bertz CT molecular complexity index is 906. The van der Waals surface area contributed by atoms with Gasteiger partial charge in [0.15, 0.2) is 12.1 Å². The molecule has 0 spiro atoms. The van der Waals surface area contributed by atoms with Gasteiger partial charge in [-0.05, 0) is 29.7 Å². The second-order valence-electron chi connectivity index (χ2n) is 6.09. The van der Waals surface area contributed by atoms with E-state index in [1.54, 1.807) is 17.0 Å². The van der Waals surface area contributed by atoms with E-state index in [0.717, 1.165) is 11.6 Å². The molecule has 3 aromatic rings. The van der Waals surface area contributed by atoms with E-state index in [1.807, 2.05) is 26.0 Å². The molecule has 26 heavy (non-hydrogen) atoms. The van der Waals surface area contributed by atoms with Crippen molar-refractivity contribution in [3.05, 3.63) is 71.4 Å². The second kappa shape index (κ2) is 7.78. The molecule has 0 saturated heterocycles. The summed E-state index contributed by atoms with van der Waals surface area (Å²) in [6, 6.07) is 7.06. The summed E-state index contributed by atoms with van der Waals surface area (Å²) in [7, 11) is 0. The minimum Gasteiger partial charge on any atom is -0.312 e. The number of imidazole rings is 1. The minimum absolute atomic E-state index is 0.0461. The van der Waals surface area contributed by atoms with Crippen molar-refractivity contribution >= 4 is 18.0 Å². The number of aldehydes is 1.